The summed E-state index contributed by atoms with van der Waals surface area (Å²) in [5.41, 5.74) is 5.23. The molecule has 20 heavy (non-hydrogen) atoms. The second-order valence-corrected chi connectivity index (χ2v) is 4.41. The molecule has 1 atom stereocenters. The predicted molar refractivity (Wildman–Crippen MR) is 76.3 cm³/mol. The number of nitrogens with one attached hydrogen (secondary N) is 2. The van der Waals surface area contributed by atoms with Gasteiger partial charge in [-0.15, -0.1) is 0 Å². The average molecular weight is 281 g/mol. The summed E-state index contributed by atoms with van der Waals surface area (Å²) in [5, 5.41) is 16.3. The van der Waals surface area contributed by atoms with Crippen LogP contribution in [0.5, 0.6) is 0 Å². The number of nitrogens with two attached hydrogens (primary N) is 1. The lowest BCUT2D eigenvalue weighted by Gasteiger charge is -2.11. The third-order valence-corrected chi connectivity index (χ3v) is 2.78. The molecule has 8 nitrogen and oxygen atoms in total. The maximum Gasteiger partial charge on any atom is 0.311 e. The zero-order valence-corrected chi connectivity index (χ0v) is 11.5. The number of rotatable bonds is 7. The Morgan fingerprint density at radius 3 is 2.80 bits per heavy atom. The maximum atomic E-state index is 11.5. The van der Waals surface area contributed by atoms with Gasteiger partial charge in [0.05, 0.1) is 4.92 Å². The fourth-order valence-electron chi connectivity index (χ4n) is 1.47. The summed E-state index contributed by atoms with van der Waals surface area (Å²) in [5.74, 6) is 0.204. The van der Waals surface area contributed by atoms with Crippen molar-refractivity contribution in [1.29, 1.82) is 0 Å². The van der Waals surface area contributed by atoms with Gasteiger partial charge in [-0.3, -0.25) is 14.9 Å². The average Bonchev–Trinajstić information content (AvgIpc) is 2.38. The standard InChI is InChI=1S/C12H19N5O3/c1-3-8(2)15-11(18)6-7-14-10-5-4-9(17(19)20)12(13)16-10/h4-5,8H,3,6-7H2,1-2H3,(H,15,18)(H3,13,14,16). The predicted octanol–water partition coefficient (Wildman–Crippen LogP) is 1.29. The molecule has 0 aromatic carbocycles. The number of aromatic nitrogens is 1. The van der Waals surface area contributed by atoms with Crippen molar-refractivity contribution in [3.05, 3.63) is 22.2 Å². The van der Waals surface area contributed by atoms with E-state index in [-0.39, 0.29) is 23.5 Å². The molecule has 1 amide bonds. The summed E-state index contributed by atoms with van der Waals surface area (Å²) in [6.45, 7) is 4.31. The van der Waals surface area contributed by atoms with E-state index in [0.717, 1.165) is 6.42 Å². The van der Waals surface area contributed by atoms with Crippen LogP contribution in [0.1, 0.15) is 26.7 Å². The molecular weight excluding hydrogens is 262 g/mol. The monoisotopic (exact) mass is 281 g/mol. The Morgan fingerprint density at radius 2 is 2.25 bits per heavy atom. The van der Waals surface area contributed by atoms with Crippen LogP contribution in [0.3, 0.4) is 0 Å². The normalized spacial score (nSPS) is 11.7. The van der Waals surface area contributed by atoms with E-state index >= 15 is 0 Å². The summed E-state index contributed by atoms with van der Waals surface area (Å²) >= 11 is 0. The number of nitro groups is 1. The number of carbonyl (C=O) groups is 1. The van der Waals surface area contributed by atoms with Gasteiger partial charge in [0.15, 0.2) is 0 Å². The second kappa shape index (κ2) is 7.27. The lowest BCUT2D eigenvalue weighted by atomic mass is 10.2. The Labute approximate surface area is 116 Å². The van der Waals surface area contributed by atoms with Crippen molar-refractivity contribution in [2.45, 2.75) is 32.7 Å². The summed E-state index contributed by atoms with van der Waals surface area (Å²) in [7, 11) is 0. The van der Waals surface area contributed by atoms with Crippen LogP contribution in [0.15, 0.2) is 12.1 Å². The molecule has 1 heterocycles. The van der Waals surface area contributed by atoms with Crippen molar-refractivity contribution >= 4 is 23.2 Å². The first-order valence-electron chi connectivity index (χ1n) is 6.38. The minimum atomic E-state index is -0.592. The maximum absolute atomic E-state index is 11.5. The van der Waals surface area contributed by atoms with Crippen LogP contribution < -0.4 is 16.4 Å². The Hall–Kier alpha value is -2.38. The van der Waals surface area contributed by atoms with Crippen molar-refractivity contribution in [1.82, 2.24) is 10.3 Å². The van der Waals surface area contributed by atoms with Gasteiger partial charge in [0, 0.05) is 25.1 Å². The topological polar surface area (TPSA) is 123 Å². The third-order valence-electron chi connectivity index (χ3n) is 2.78. The summed E-state index contributed by atoms with van der Waals surface area (Å²) < 4.78 is 0. The molecule has 1 rings (SSSR count). The zero-order valence-electron chi connectivity index (χ0n) is 11.5. The number of carbonyl (C=O) groups excluding carboxylic acids is 1. The van der Waals surface area contributed by atoms with Crippen LogP contribution in [0.4, 0.5) is 17.3 Å². The summed E-state index contributed by atoms with van der Waals surface area (Å²) in [4.78, 5) is 25.4. The minimum absolute atomic E-state index is 0.0540. The van der Waals surface area contributed by atoms with E-state index in [2.05, 4.69) is 15.6 Å². The number of hydrogen-bond acceptors (Lipinski definition) is 6. The first-order chi connectivity index (χ1) is 9.43. The highest BCUT2D eigenvalue weighted by molar-refractivity contribution is 5.76. The lowest BCUT2D eigenvalue weighted by Crippen LogP contribution is -2.33. The van der Waals surface area contributed by atoms with E-state index in [0.29, 0.717) is 18.8 Å². The fourth-order valence-corrected chi connectivity index (χ4v) is 1.47. The molecule has 8 heteroatoms. The summed E-state index contributed by atoms with van der Waals surface area (Å²) in [6, 6.07) is 2.89. The minimum Gasteiger partial charge on any atom is -0.378 e. The van der Waals surface area contributed by atoms with Crippen LogP contribution in [-0.2, 0) is 4.79 Å². The van der Waals surface area contributed by atoms with Crippen LogP contribution in [0.25, 0.3) is 0 Å². The summed E-state index contributed by atoms with van der Waals surface area (Å²) in [6.07, 6.45) is 1.17. The highest BCUT2D eigenvalue weighted by Gasteiger charge is 2.12. The first kappa shape index (κ1) is 15.7. The largest absolute Gasteiger partial charge is 0.378 e. The van der Waals surface area contributed by atoms with Gasteiger partial charge in [0.1, 0.15) is 5.82 Å². The smallest absolute Gasteiger partial charge is 0.311 e. The molecule has 1 aromatic heterocycles. The molecule has 0 bridgehead atoms. The van der Waals surface area contributed by atoms with Crippen LogP contribution in [-0.4, -0.2) is 28.4 Å². The van der Waals surface area contributed by atoms with E-state index in [1.54, 1.807) is 0 Å². The quantitative estimate of drug-likeness (QED) is 0.511. The molecular formula is C12H19N5O3. The highest BCUT2D eigenvalue weighted by atomic mass is 16.6. The first-order valence-corrected chi connectivity index (χ1v) is 6.38. The van der Waals surface area contributed by atoms with Gasteiger partial charge >= 0.3 is 5.69 Å². The van der Waals surface area contributed by atoms with Gasteiger partial charge < -0.3 is 16.4 Å². The molecule has 0 saturated carbocycles. The van der Waals surface area contributed by atoms with Crippen molar-refractivity contribution in [3.63, 3.8) is 0 Å². The van der Waals surface area contributed by atoms with Crippen molar-refractivity contribution < 1.29 is 9.72 Å². The van der Waals surface area contributed by atoms with Gasteiger partial charge in [-0.25, -0.2) is 4.98 Å². The second-order valence-electron chi connectivity index (χ2n) is 4.41. The Balaban J connectivity index is 2.45. The Bertz CT molecular complexity index is 492. The van der Waals surface area contributed by atoms with Crippen LogP contribution in [0, 0.1) is 10.1 Å². The number of nitrogens with zero attached hydrogens (tertiary/aromatic N) is 2. The van der Waals surface area contributed by atoms with Crippen LogP contribution in [0.2, 0.25) is 0 Å². The third kappa shape index (κ3) is 4.71. The molecule has 0 fully saturated rings. The van der Waals surface area contributed by atoms with E-state index < -0.39 is 4.92 Å². The molecule has 1 unspecified atom stereocenters. The lowest BCUT2D eigenvalue weighted by molar-refractivity contribution is -0.384. The Morgan fingerprint density at radius 1 is 1.55 bits per heavy atom. The number of anilines is 2. The molecule has 0 radical (unpaired) electrons. The molecule has 0 aliphatic carbocycles. The zero-order chi connectivity index (χ0) is 15.1. The van der Waals surface area contributed by atoms with Crippen LogP contribution >= 0.6 is 0 Å². The Kier molecular flexibility index (Phi) is 5.70. The SMILES string of the molecule is CCC(C)NC(=O)CCNc1ccc([N+](=O)[O-])c(N)n1. The molecule has 4 N–H and O–H groups in total. The van der Waals surface area contributed by atoms with Gasteiger partial charge in [0.2, 0.25) is 11.7 Å². The van der Waals surface area contributed by atoms with E-state index in [1.807, 2.05) is 13.8 Å². The van der Waals surface area contributed by atoms with Crippen molar-refractivity contribution in [2.75, 3.05) is 17.6 Å². The number of pyridine rings is 1. The molecule has 110 valence electrons. The van der Waals surface area contributed by atoms with Crippen molar-refractivity contribution in [2.24, 2.45) is 0 Å². The highest BCUT2D eigenvalue weighted by Crippen LogP contribution is 2.20. The number of amides is 1. The number of hydrogen-bond donors (Lipinski definition) is 3. The van der Waals surface area contributed by atoms with Gasteiger partial charge in [-0.2, -0.15) is 0 Å². The van der Waals surface area contributed by atoms with E-state index in [9.17, 15) is 14.9 Å². The molecule has 1 aromatic rings. The van der Waals surface area contributed by atoms with E-state index in [1.165, 1.54) is 12.1 Å². The molecule has 0 aliphatic rings. The van der Waals surface area contributed by atoms with E-state index in [4.69, 9.17) is 5.73 Å². The van der Waals surface area contributed by atoms with Gasteiger partial charge in [0.25, 0.3) is 0 Å². The molecule has 0 spiro atoms. The fraction of sp³-hybridized carbons (Fsp3) is 0.500. The van der Waals surface area contributed by atoms with Gasteiger partial charge in [-0.1, -0.05) is 6.92 Å². The van der Waals surface area contributed by atoms with Crippen molar-refractivity contribution in [3.8, 4) is 0 Å². The van der Waals surface area contributed by atoms with Gasteiger partial charge in [-0.05, 0) is 19.4 Å². The molecule has 0 saturated heterocycles. The molecule has 0 aliphatic heterocycles. The number of nitrogen functional groups attached to an aromatic ring is 1.